The van der Waals surface area contributed by atoms with E-state index in [1.165, 1.54) is 264 Å². The smallest absolute Gasteiger partial charge is 0.252 e. The molecule has 8 nitrogen and oxygen atoms in total. The zero-order valence-electron chi connectivity index (χ0n) is 74.1. The minimum Gasteiger partial charge on any atom is -0.310 e. The van der Waals surface area contributed by atoms with Crippen LogP contribution in [-0.4, -0.2) is 52.1 Å². The molecule has 0 radical (unpaired) electrons. The third kappa shape index (κ3) is 9.68. The molecular weight excluding hydrogens is 1660 g/mol. The first-order valence-electron chi connectivity index (χ1n) is 47.8. The number of nitrogens with zero attached hydrogens (tertiary/aromatic N) is 8. The van der Waals surface area contributed by atoms with E-state index in [2.05, 4.69) is 492 Å². The highest BCUT2D eigenvalue weighted by atomic mass is 15.2. The highest BCUT2D eigenvalue weighted by Crippen LogP contribution is 2.50. The Bertz CT molecular complexity index is 9670. The molecule has 13 heterocycles. The van der Waals surface area contributed by atoms with E-state index >= 15 is 0 Å². The van der Waals surface area contributed by atoms with Gasteiger partial charge < -0.3 is 36.9 Å². The third-order valence-corrected chi connectivity index (χ3v) is 31.3. The number of anilines is 3. The number of hydrogen-bond acceptors (Lipinski definition) is 1. The van der Waals surface area contributed by atoms with Crippen molar-refractivity contribution >= 4 is 239 Å². The lowest BCUT2D eigenvalue weighted by Gasteiger charge is -2.36. The molecule has 21 aromatic carbocycles. The average Bonchev–Trinajstić information content (AvgIpc) is 1.57. The Morgan fingerprint density at radius 1 is 0.161 bits per heavy atom. The van der Waals surface area contributed by atoms with Gasteiger partial charge in [0.05, 0.1) is 66.9 Å². The van der Waals surface area contributed by atoms with Crippen LogP contribution in [0, 0.1) is 0 Å². The van der Waals surface area contributed by atoms with E-state index in [0.29, 0.717) is 0 Å². The number of hydrogen-bond donors (Lipinski definition) is 0. The van der Waals surface area contributed by atoms with Gasteiger partial charge in [-0.1, -0.05) is 352 Å². The predicted molar refractivity (Wildman–Crippen MR) is 579 cm³/mol. The second-order valence-electron chi connectivity index (χ2n) is 37.9. The Morgan fingerprint density at radius 2 is 0.380 bits per heavy atom. The SMILES string of the molecule is c1ccc(-c2cc(-c3ccccc3)c3c4c2-n2c5ccccc5c5cccc(c52)B4c2cccc4c5ccccc5n-3c24)cc1.c1ccc(N(c2ccccc2)c2cc3c4c(c2)-n2c5ccccc5c5cccc(c52)B4c2cccc4c5ccccc5n-3c24)cc1.c1ccc2c(c1)c1ccccc1n2-c1cc2c3c(c1)-n1c4ccccc4c4cccc(c41)B3c1cccc3c4ccccc4n-2c13. The van der Waals surface area contributed by atoms with Gasteiger partial charge in [0.15, 0.2) is 0 Å². The standard InChI is InChI=1S/C42H24BN3.C42H26BN3.C42H25BN2/c1-5-19-34-26(11-1)27-12-2-6-20-35(27)44(34)25-23-38-40-39(24-25)46-37-22-8-4-14-29(37)31-16-10-18-33(42(31)46)43(40)32-17-9-15-30-28-13-3-7-21-36(28)45(38)41(30)32;1-3-13-27(14-4-1)44(28-15-5-2-6-16-28)29-25-38-40-39(26-29)46-37-24-10-8-18-31(37)33-20-12-22-35(42(33)46)43(40)34-21-11-19-32-30-17-7-9-23-36(30)45(38)41(32)34;1-3-13-26(14-4-1)32-25-33(27-15-5-2-6-16-27)42-38-41(32)44-36-23-9-7-17-28(36)30-19-11-21-34(39(30)44)43(38)35-22-12-20-31-29-18-8-10-24-37(29)45(42)40(31)35/h1-24H;1-26H;1-25H. The van der Waals surface area contributed by atoms with E-state index < -0.39 is 0 Å². The molecule has 7 aromatic heterocycles. The largest absolute Gasteiger partial charge is 0.310 e. The zero-order chi connectivity index (χ0) is 88.8. The fourth-order valence-electron chi connectivity index (χ4n) is 26.3. The van der Waals surface area contributed by atoms with Crippen molar-refractivity contribution in [2.45, 2.75) is 0 Å². The maximum absolute atomic E-state index is 2.59. The minimum absolute atomic E-state index is 0.0992. The van der Waals surface area contributed by atoms with Crippen LogP contribution in [-0.2, 0) is 0 Å². The molecule has 137 heavy (non-hydrogen) atoms. The van der Waals surface area contributed by atoms with Gasteiger partial charge in [0.25, 0.3) is 20.1 Å². The fourth-order valence-corrected chi connectivity index (χ4v) is 26.3. The fraction of sp³-hybridized carbons (Fsp3) is 0. The first kappa shape index (κ1) is 73.8. The van der Waals surface area contributed by atoms with Gasteiger partial charge in [-0.15, -0.1) is 0 Å². The molecule has 34 rings (SSSR count). The van der Waals surface area contributed by atoms with E-state index in [-0.39, 0.29) is 20.1 Å². The Labute approximate surface area is 787 Å². The normalized spacial score (nSPS) is 12.9. The lowest BCUT2D eigenvalue weighted by Crippen LogP contribution is -2.59. The van der Waals surface area contributed by atoms with Crippen molar-refractivity contribution in [2.24, 2.45) is 0 Å². The zero-order valence-corrected chi connectivity index (χ0v) is 74.1. The Balaban J connectivity index is 0.0000000937. The van der Waals surface area contributed by atoms with Crippen molar-refractivity contribution in [3.05, 3.63) is 455 Å². The van der Waals surface area contributed by atoms with Gasteiger partial charge in [0.2, 0.25) is 0 Å². The molecule has 0 saturated heterocycles. The molecule has 0 N–H and O–H groups in total. The Hall–Kier alpha value is -17.8. The highest BCUT2D eigenvalue weighted by molar-refractivity contribution is 7.02. The van der Waals surface area contributed by atoms with Crippen molar-refractivity contribution in [1.82, 2.24) is 32.0 Å². The van der Waals surface area contributed by atoms with E-state index in [9.17, 15) is 0 Å². The van der Waals surface area contributed by atoms with Gasteiger partial charge in [-0.3, -0.25) is 0 Å². The summed E-state index contributed by atoms with van der Waals surface area (Å²) >= 11 is 0. The van der Waals surface area contributed by atoms with Crippen LogP contribution in [0.25, 0.3) is 215 Å². The van der Waals surface area contributed by atoms with E-state index in [4.69, 9.17) is 0 Å². The second-order valence-corrected chi connectivity index (χ2v) is 37.9. The monoisotopic (exact) mass is 1730 g/mol. The Kier molecular flexibility index (Phi) is 14.8. The molecule has 11 heteroatoms. The molecule has 6 aliphatic heterocycles. The van der Waals surface area contributed by atoms with Crippen molar-refractivity contribution in [1.29, 1.82) is 0 Å². The second kappa shape index (κ2) is 27.5. The molecule has 0 fully saturated rings. The minimum atomic E-state index is 0.0992. The molecule has 0 spiro atoms. The van der Waals surface area contributed by atoms with Crippen LogP contribution in [0.15, 0.2) is 455 Å². The molecule has 0 aliphatic carbocycles. The van der Waals surface area contributed by atoms with Crippen molar-refractivity contribution in [3.63, 3.8) is 0 Å². The van der Waals surface area contributed by atoms with E-state index in [0.717, 1.165) is 17.1 Å². The summed E-state index contributed by atoms with van der Waals surface area (Å²) in [4.78, 5) is 2.40. The van der Waals surface area contributed by atoms with Gasteiger partial charge in [0, 0.05) is 154 Å². The average molecular weight is 1730 g/mol. The van der Waals surface area contributed by atoms with Crippen molar-refractivity contribution in [2.75, 3.05) is 4.90 Å². The van der Waals surface area contributed by atoms with Gasteiger partial charge in [-0.05, 0) is 163 Å². The van der Waals surface area contributed by atoms with Gasteiger partial charge >= 0.3 is 0 Å². The molecule has 6 aliphatic rings. The van der Waals surface area contributed by atoms with Gasteiger partial charge in [-0.2, -0.15) is 0 Å². The first-order valence-corrected chi connectivity index (χ1v) is 47.8. The van der Waals surface area contributed by atoms with Crippen molar-refractivity contribution in [3.8, 4) is 62.1 Å². The highest BCUT2D eigenvalue weighted by Gasteiger charge is 2.47. The molecule has 0 bridgehead atoms. The summed E-state index contributed by atoms with van der Waals surface area (Å²) in [5.74, 6) is 0. The quantitative estimate of drug-likeness (QED) is 0.153. The number of para-hydroxylation sites is 16. The summed E-state index contributed by atoms with van der Waals surface area (Å²) in [7, 11) is 0. The van der Waals surface area contributed by atoms with Crippen molar-refractivity contribution < 1.29 is 0 Å². The number of benzene rings is 21. The lowest BCUT2D eigenvalue weighted by atomic mass is 9.34. The summed E-state index contributed by atoms with van der Waals surface area (Å²) in [6.45, 7) is 0.363. The number of fused-ring (bicyclic) bond motifs is 33. The summed E-state index contributed by atoms with van der Waals surface area (Å²) in [5, 5.41) is 18.3. The van der Waals surface area contributed by atoms with Crippen LogP contribution in [0.4, 0.5) is 17.1 Å². The van der Waals surface area contributed by atoms with Crippen LogP contribution < -0.4 is 54.1 Å². The maximum Gasteiger partial charge on any atom is 0.252 e. The summed E-state index contributed by atoms with van der Waals surface area (Å²) < 4.78 is 17.9. The first-order chi connectivity index (χ1) is 68.1. The molecule has 0 saturated carbocycles. The van der Waals surface area contributed by atoms with E-state index in [1.807, 2.05) is 0 Å². The molecule has 628 valence electrons. The van der Waals surface area contributed by atoms with Gasteiger partial charge in [0.1, 0.15) is 0 Å². The molecular formula is C126H75B3N8. The van der Waals surface area contributed by atoms with Gasteiger partial charge in [-0.25, -0.2) is 0 Å². The molecule has 0 unspecified atom stereocenters. The number of aromatic nitrogens is 7. The number of rotatable bonds is 6. The van der Waals surface area contributed by atoms with Crippen LogP contribution in [0.2, 0.25) is 0 Å². The molecule has 28 aromatic rings. The molecule has 0 atom stereocenters. The third-order valence-electron chi connectivity index (χ3n) is 31.3. The van der Waals surface area contributed by atoms with Crippen LogP contribution in [0.3, 0.4) is 0 Å². The summed E-state index contributed by atoms with van der Waals surface area (Å²) in [6, 6.07) is 169. The molecule has 0 amide bonds. The Morgan fingerprint density at radius 3 is 0.672 bits per heavy atom. The van der Waals surface area contributed by atoms with Crippen LogP contribution >= 0.6 is 0 Å². The maximum atomic E-state index is 2.59. The van der Waals surface area contributed by atoms with Crippen LogP contribution in [0.1, 0.15) is 0 Å². The van der Waals surface area contributed by atoms with Crippen LogP contribution in [0.5, 0.6) is 0 Å². The van der Waals surface area contributed by atoms with E-state index in [1.54, 1.807) is 0 Å². The summed E-state index contributed by atoms with van der Waals surface area (Å²) in [6.07, 6.45) is 0. The lowest BCUT2D eigenvalue weighted by molar-refractivity contribution is 1.10. The predicted octanol–water partition coefficient (Wildman–Crippen LogP) is 25.0. The summed E-state index contributed by atoms with van der Waals surface area (Å²) in [5.41, 5.74) is 47.6. The topological polar surface area (TPSA) is 37.8 Å².